The summed E-state index contributed by atoms with van der Waals surface area (Å²) in [4.78, 5) is 13.8. The van der Waals surface area contributed by atoms with Gasteiger partial charge < -0.3 is 10.2 Å². The van der Waals surface area contributed by atoms with Gasteiger partial charge in [-0.2, -0.15) is 0 Å². The summed E-state index contributed by atoms with van der Waals surface area (Å²) in [5.41, 5.74) is 0. The van der Waals surface area contributed by atoms with Gasteiger partial charge in [-0.25, -0.2) is 0 Å². The van der Waals surface area contributed by atoms with Gasteiger partial charge in [0.05, 0.1) is 0 Å². The van der Waals surface area contributed by atoms with Crippen LogP contribution in [0.4, 0.5) is 0 Å². The van der Waals surface area contributed by atoms with E-state index < -0.39 is 0 Å². The molecule has 74 valence electrons. The maximum absolute atomic E-state index is 11.4. The SMILES string of the molecule is CC(C)N1CC[C@H]2C(=O)NC[C@@H]2C1. The third kappa shape index (κ3) is 1.57. The summed E-state index contributed by atoms with van der Waals surface area (Å²) in [6, 6.07) is 0.622. The van der Waals surface area contributed by atoms with Crippen LogP contribution in [0, 0.1) is 11.8 Å². The highest BCUT2D eigenvalue weighted by molar-refractivity contribution is 5.81. The molecular weight excluding hydrogens is 164 g/mol. The monoisotopic (exact) mass is 182 g/mol. The first kappa shape index (κ1) is 9.00. The van der Waals surface area contributed by atoms with Crippen molar-refractivity contribution in [2.24, 2.45) is 11.8 Å². The maximum Gasteiger partial charge on any atom is 0.223 e. The zero-order chi connectivity index (χ0) is 9.42. The van der Waals surface area contributed by atoms with Crippen molar-refractivity contribution in [1.29, 1.82) is 0 Å². The van der Waals surface area contributed by atoms with E-state index in [2.05, 4.69) is 24.1 Å². The Balaban J connectivity index is 1.99. The van der Waals surface area contributed by atoms with Gasteiger partial charge in [-0.1, -0.05) is 0 Å². The van der Waals surface area contributed by atoms with Crippen molar-refractivity contribution in [2.45, 2.75) is 26.3 Å². The molecule has 3 heteroatoms. The van der Waals surface area contributed by atoms with Crippen molar-refractivity contribution in [3.05, 3.63) is 0 Å². The minimum Gasteiger partial charge on any atom is -0.355 e. The number of piperidine rings is 1. The fourth-order valence-corrected chi connectivity index (χ4v) is 2.44. The highest BCUT2D eigenvalue weighted by Gasteiger charge is 2.38. The van der Waals surface area contributed by atoms with E-state index in [9.17, 15) is 4.79 Å². The lowest BCUT2D eigenvalue weighted by molar-refractivity contribution is -0.124. The zero-order valence-electron chi connectivity index (χ0n) is 8.42. The zero-order valence-corrected chi connectivity index (χ0v) is 8.42. The summed E-state index contributed by atoms with van der Waals surface area (Å²) in [6.07, 6.45) is 1.05. The van der Waals surface area contributed by atoms with Gasteiger partial charge in [0.15, 0.2) is 0 Å². The summed E-state index contributed by atoms with van der Waals surface area (Å²) >= 11 is 0. The lowest BCUT2D eigenvalue weighted by Crippen LogP contribution is -2.44. The van der Waals surface area contributed by atoms with E-state index in [1.807, 2.05) is 0 Å². The molecule has 2 atom stereocenters. The number of nitrogens with one attached hydrogen (secondary N) is 1. The number of hydrogen-bond acceptors (Lipinski definition) is 2. The lowest BCUT2D eigenvalue weighted by Gasteiger charge is -2.35. The molecule has 0 aromatic carbocycles. The third-order valence-electron chi connectivity index (χ3n) is 3.37. The average molecular weight is 182 g/mol. The normalized spacial score (nSPS) is 34.8. The second kappa shape index (κ2) is 3.29. The Labute approximate surface area is 79.5 Å². The number of carbonyl (C=O) groups is 1. The van der Waals surface area contributed by atoms with Crippen LogP contribution >= 0.6 is 0 Å². The number of likely N-dealkylation sites (tertiary alicyclic amines) is 1. The molecule has 3 nitrogen and oxygen atoms in total. The lowest BCUT2D eigenvalue weighted by atomic mass is 9.88. The quantitative estimate of drug-likeness (QED) is 0.639. The van der Waals surface area contributed by atoms with E-state index in [1.165, 1.54) is 0 Å². The van der Waals surface area contributed by atoms with E-state index in [4.69, 9.17) is 0 Å². The Morgan fingerprint density at radius 3 is 3.00 bits per heavy atom. The third-order valence-corrected chi connectivity index (χ3v) is 3.37. The van der Waals surface area contributed by atoms with Gasteiger partial charge in [-0.15, -0.1) is 0 Å². The number of nitrogens with zero attached hydrogens (tertiary/aromatic N) is 1. The van der Waals surface area contributed by atoms with E-state index in [-0.39, 0.29) is 5.91 Å². The molecule has 2 heterocycles. The summed E-state index contributed by atoms with van der Waals surface area (Å²) < 4.78 is 0. The molecule has 2 fully saturated rings. The van der Waals surface area contributed by atoms with Crippen LogP contribution in [-0.2, 0) is 4.79 Å². The van der Waals surface area contributed by atoms with Crippen molar-refractivity contribution in [3.63, 3.8) is 0 Å². The first-order valence-electron chi connectivity index (χ1n) is 5.20. The summed E-state index contributed by atoms with van der Waals surface area (Å²) in [5.74, 6) is 1.17. The van der Waals surface area contributed by atoms with Gasteiger partial charge in [-0.05, 0) is 26.8 Å². The van der Waals surface area contributed by atoms with Crippen molar-refractivity contribution >= 4 is 5.91 Å². The molecule has 2 aliphatic rings. The molecule has 0 aromatic rings. The van der Waals surface area contributed by atoms with Crippen LogP contribution in [0.15, 0.2) is 0 Å². The van der Waals surface area contributed by atoms with Crippen LogP contribution in [0.1, 0.15) is 20.3 Å². The predicted octanol–water partition coefficient (Wildman–Crippen LogP) is 0.463. The molecule has 1 amide bonds. The van der Waals surface area contributed by atoms with E-state index in [0.717, 1.165) is 26.1 Å². The molecule has 2 aliphatic heterocycles. The highest BCUT2D eigenvalue weighted by Crippen LogP contribution is 2.28. The maximum atomic E-state index is 11.4. The molecular formula is C10H18N2O. The Hall–Kier alpha value is -0.570. The predicted molar refractivity (Wildman–Crippen MR) is 51.3 cm³/mol. The first-order valence-corrected chi connectivity index (χ1v) is 5.20. The van der Waals surface area contributed by atoms with Gasteiger partial charge in [-0.3, -0.25) is 4.79 Å². The fraction of sp³-hybridized carbons (Fsp3) is 0.900. The molecule has 0 bridgehead atoms. The Bertz CT molecular complexity index is 215. The summed E-state index contributed by atoms with van der Waals surface area (Å²) in [6.45, 7) is 7.54. The first-order chi connectivity index (χ1) is 6.18. The molecule has 0 unspecified atom stereocenters. The molecule has 0 spiro atoms. The van der Waals surface area contributed by atoms with Crippen LogP contribution in [0.3, 0.4) is 0 Å². The van der Waals surface area contributed by atoms with Gasteiger partial charge in [0.25, 0.3) is 0 Å². The fourth-order valence-electron chi connectivity index (χ4n) is 2.44. The molecule has 2 saturated heterocycles. The molecule has 2 rings (SSSR count). The number of fused-ring (bicyclic) bond motifs is 1. The van der Waals surface area contributed by atoms with Gasteiger partial charge in [0.1, 0.15) is 0 Å². The topological polar surface area (TPSA) is 32.3 Å². The van der Waals surface area contributed by atoms with Crippen molar-refractivity contribution in [3.8, 4) is 0 Å². The van der Waals surface area contributed by atoms with Crippen molar-refractivity contribution in [1.82, 2.24) is 10.2 Å². The van der Waals surface area contributed by atoms with E-state index in [0.29, 0.717) is 17.9 Å². The van der Waals surface area contributed by atoms with Crippen LogP contribution in [0.5, 0.6) is 0 Å². The van der Waals surface area contributed by atoms with Gasteiger partial charge in [0.2, 0.25) is 5.91 Å². The smallest absolute Gasteiger partial charge is 0.223 e. The Morgan fingerprint density at radius 2 is 2.31 bits per heavy atom. The number of hydrogen-bond donors (Lipinski definition) is 1. The standard InChI is InChI=1S/C10H18N2O/c1-7(2)12-4-3-9-8(6-12)5-11-10(9)13/h7-9H,3-6H2,1-2H3,(H,11,13)/t8-,9-/m1/s1. The summed E-state index contributed by atoms with van der Waals surface area (Å²) in [5, 5.41) is 2.96. The second-order valence-corrected chi connectivity index (χ2v) is 4.49. The van der Waals surface area contributed by atoms with Crippen LogP contribution in [0.2, 0.25) is 0 Å². The molecule has 1 N–H and O–H groups in total. The Morgan fingerprint density at radius 1 is 1.54 bits per heavy atom. The van der Waals surface area contributed by atoms with E-state index >= 15 is 0 Å². The van der Waals surface area contributed by atoms with Gasteiger partial charge in [0, 0.05) is 31.0 Å². The number of carbonyl (C=O) groups excluding carboxylic acids is 1. The molecule has 0 aromatic heterocycles. The number of rotatable bonds is 1. The molecule has 0 radical (unpaired) electrons. The highest BCUT2D eigenvalue weighted by atomic mass is 16.2. The minimum absolute atomic E-state index is 0.286. The van der Waals surface area contributed by atoms with Gasteiger partial charge >= 0.3 is 0 Å². The minimum atomic E-state index is 0.286. The van der Waals surface area contributed by atoms with Crippen molar-refractivity contribution in [2.75, 3.05) is 19.6 Å². The second-order valence-electron chi connectivity index (χ2n) is 4.49. The average Bonchev–Trinajstić information content (AvgIpc) is 2.47. The largest absolute Gasteiger partial charge is 0.355 e. The molecule has 0 saturated carbocycles. The summed E-state index contributed by atoms with van der Waals surface area (Å²) in [7, 11) is 0. The van der Waals surface area contributed by atoms with Crippen molar-refractivity contribution < 1.29 is 4.79 Å². The molecule has 13 heavy (non-hydrogen) atoms. The van der Waals surface area contributed by atoms with Crippen LogP contribution < -0.4 is 5.32 Å². The van der Waals surface area contributed by atoms with E-state index in [1.54, 1.807) is 0 Å². The van der Waals surface area contributed by atoms with Crippen LogP contribution in [0.25, 0.3) is 0 Å². The van der Waals surface area contributed by atoms with Crippen LogP contribution in [-0.4, -0.2) is 36.5 Å². The molecule has 0 aliphatic carbocycles. The number of amides is 1. The Kier molecular flexibility index (Phi) is 2.28.